The Bertz CT molecular complexity index is 767. The molecule has 0 saturated carbocycles. The van der Waals surface area contributed by atoms with Crippen molar-refractivity contribution in [3.05, 3.63) is 52.7 Å². The van der Waals surface area contributed by atoms with Gasteiger partial charge in [-0.3, -0.25) is 9.59 Å². The number of benzene rings is 1. The van der Waals surface area contributed by atoms with Crippen LogP contribution in [0.5, 0.6) is 0 Å². The summed E-state index contributed by atoms with van der Waals surface area (Å²) in [6, 6.07) is 10.4. The minimum atomic E-state index is -0.935. The molecule has 1 atom stereocenters. The van der Waals surface area contributed by atoms with Crippen molar-refractivity contribution in [1.82, 2.24) is 0 Å². The fourth-order valence-corrected chi connectivity index (χ4v) is 2.51. The largest absolute Gasteiger partial charge is 0.449 e. The Labute approximate surface area is 149 Å². The second kappa shape index (κ2) is 8.79. The van der Waals surface area contributed by atoms with Crippen LogP contribution in [0.1, 0.15) is 18.7 Å². The van der Waals surface area contributed by atoms with Gasteiger partial charge in [0.05, 0.1) is 0 Å². The van der Waals surface area contributed by atoms with Crippen molar-refractivity contribution in [1.29, 1.82) is 0 Å². The van der Waals surface area contributed by atoms with E-state index < -0.39 is 18.0 Å². The van der Waals surface area contributed by atoms with Gasteiger partial charge in [0.15, 0.2) is 6.10 Å². The van der Waals surface area contributed by atoms with E-state index in [1.165, 1.54) is 31.3 Å². The van der Waals surface area contributed by atoms with Gasteiger partial charge in [-0.15, -0.1) is 11.3 Å². The zero-order valence-electron chi connectivity index (χ0n) is 13.8. The molecule has 0 spiro atoms. The molecule has 1 aromatic heterocycles. The number of anilines is 2. The molecule has 2 amide bonds. The van der Waals surface area contributed by atoms with Gasteiger partial charge < -0.3 is 15.4 Å². The topological polar surface area (TPSA) is 84.5 Å². The molecule has 1 heterocycles. The fraction of sp³-hybridized carbons (Fsp3) is 0.167. The molecular weight excluding hydrogens is 340 g/mol. The molecule has 2 aromatic rings. The predicted molar refractivity (Wildman–Crippen MR) is 98.3 cm³/mol. The average molecular weight is 358 g/mol. The quantitative estimate of drug-likeness (QED) is 0.613. The van der Waals surface area contributed by atoms with E-state index in [-0.39, 0.29) is 5.91 Å². The summed E-state index contributed by atoms with van der Waals surface area (Å²) in [6.07, 6.45) is 1.99. The lowest BCUT2D eigenvalue weighted by atomic mass is 10.2. The van der Waals surface area contributed by atoms with Gasteiger partial charge in [-0.2, -0.15) is 0 Å². The van der Waals surface area contributed by atoms with Crippen LogP contribution in [0.15, 0.2) is 47.9 Å². The summed E-state index contributed by atoms with van der Waals surface area (Å²) in [5, 5.41) is 7.18. The molecule has 1 aromatic carbocycles. The van der Waals surface area contributed by atoms with Crippen LogP contribution in [0.25, 0.3) is 6.08 Å². The predicted octanol–water partition coefficient (Wildman–Crippen LogP) is 3.29. The number of hydrogen-bond donors (Lipinski definition) is 2. The zero-order valence-corrected chi connectivity index (χ0v) is 14.6. The molecule has 0 bridgehead atoms. The first-order chi connectivity index (χ1) is 11.9. The van der Waals surface area contributed by atoms with Crippen molar-refractivity contribution in [2.24, 2.45) is 0 Å². The number of amides is 2. The van der Waals surface area contributed by atoms with Crippen molar-refractivity contribution in [3.63, 3.8) is 0 Å². The monoisotopic (exact) mass is 358 g/mol. The molecule has 0 radical (unpaired) electrons. The van der Waals surface area contributed by atoms with E-state index in [0.29, 0.717) is 11.4 Å². The van der Waals surface area contributed by atoms with Gasteiger partial charge in [-0.25, -0.2) is 4.79 Å². The van der Waals surface area contributed by atoms with Crippen LogP contribution in [0.3, 0.4) is 0 Å². The number of carbonyl (C=O) groups excluding carboxylic acids is 3. The van der Waals surface area contributed by atoms with Crippen molar-refractivity contribution >= 4 is 46.6 Å². The molecule has 1 unspecified atom stereocenters. The Balaban J connectivity index is 1.85. The Kier molecular flexibility index (Phi) is 6.47. The first-order valence-corrected chi connectivity index (χ1v) is 8.43. The minimum Gasteiger partial charge on any atom is -0.449 e. The molecule has 0 aliphatic carbocycles. The maximum Gasteiger partial charge on any atom is 0.331 e. The van der Waals surface area contributed by atoms with Crippen molar-refractivity contribution < 1.29 is 19.1 Å². The van der Waals surface area contributed by atoms with Crippen molar-refractivity contribution in [2.45, 2.75) is 20.0 Å². The molecule has 0 saturated heterocycles. The van der Waals surface area contributed by atoms with Gasteiger partial charge in [0.25, 0.3) is 5.91 Å². The van der Waals surface area contributed by atoms with E-state index in [0.717, 1.165) is 4.88 Å². The Morgan fingerprint density at radius 1 is 1.08 bits per heavy atom. The summed E-state index contributed by atoms with van der Waals surface area (Å²) >= 11 is 1.50. The highest BCUT2D eigenvalue weighted by Gasteiger charge is 2.16. The van der Waals surface area contributed by atoms with Crippen LogP contribution in [-0.2, 0) is 19.1 Å². The SMILES string of the molecule is CC(=O)Nc1ccc(NC(=O)C(C)OC(=O)C=Cc2cccs2)cc1. The molecular formula is C18H18N2O4S. The number of thiophene rings is 1. The summed E-state index contributed by atoms with van der Waals surface area (Å²) < 4.78 is 5.07. The highest BCUT2D eigenvalue weighted by Crippen LogP contribution is 2.14. The molecule has 25 heavy (non-hydrogen) atoms. The zero-order chi connectivity index (χ0) is 18.2. The lowest BCUT2D eigenvalue weighted by Crippen LogP contribution is -2.29. The van der Waals surface area contributed by atoms with Gasteiger partial charge >= 0.3 is 5.97 Å². The van der Waals surface area contributed by atoms with Gasteiger partial charge in [-0.05, 0) is 48.7 Å². The van der Waals surface area contributed by atoms with Gasteiger partial charge in [-0.1, -0.05) is 6.07 Å². The molecule has 0 aliphatic heterocycles. The standard InChI is InChI=1S/C18H18N2O4S/c1-12(24-17(22)10-9-16-4-3-11-25-16)18(23)20-15-7-5-14(6-8-15)19-13(2)21/h3-12H,1-2H3,(H,19,21)(H,20,23). The van der Waals surface area contributed by atoms with Gasteiger partial charge in [0.2, 0.25) is 5.91 Å². The summed E-state index contributed by atoms with van der Waals surface area (Å²) in [5.74, 6) is -1.20. The van der Waals surface area contributed by atoms with Crippen LogP contribution < -0.4 is 10.6 Å². The lowest BCUT2D eigenvalue weighted by Gasteiger charge is -2.12. The Hall–Kier alpha value is -2.93. The summed E-state index contributed by atoms with van der Waals surface area (Å²) in [7, 11) is 0. The number of nitrogens with one attached hydrogen (secondary N) is 2. The highest BCUT2D eigenvalue weighted by atomic mass is 32.1. The highest BCUT2D eigenvalue weighted by molar-refractivity contribution is 7.10. The summed E-state index contributed by atoms with van der Waals surface area (Å²) in [5.41, 5.74) is 1.17. The molecule has 7 heteroatoms. The molecule has 2 N–H and O–H groups in total. The first-order valence-electron chi connectivity index (χ1n) is 7.55. The lowest BCUT2D eigenvalue weighted by molar-refractivity contribution is -0.148. The van der Waals surface area contributed by atoms with Crippen LogP contribution >= 0.6 is 11.3 Å². The first kappa shape index (κ1) is 18.4. The smallest absolute Gasteiger partial charge is 0.331 e. The van der Waals surface area contributed by atoms with Crippen LogP contribution in [0.4, 0.5) is 11.4 Å². The van der Waals surface area contributed by atoms with E-state index in [1.807, 2.05) is 17.5 Å². The van der Waals surface area contributed by atoms with E-state index in [1.54, 1.807) is 30.3 Å². The van der Waals surface area contributed by atoms with Crippen molar-refractivity contribution in [2.75, 3.05) is 10.6 Å². The molecule has 6 nitrogen and oxygen atoms in total. The fourth-order valence-electron chi connectivity index (χ4n) is 1.89. The molecule has 2 rings (SSSR count). The maximum atomic E-state index is 12.1. The van der Waals surface area contributed by atoms with Crippen LogP contribution in [-0.4, -0.2) is 23.9 Å². The summed E-state index contributed by atoms with van der Waals surface area (Å²) in [6.45, 7) is 2.91. The maximum absolute atomic E-state index is 12.1. The van der Waals surface area contributed by atoms with Gasteiger partial charge in [0, 0.05) is 29.3 Å². The molecule has 0 aliphatic rings. The van der Waals surface area contributed by atoms with Crippen LogP contribution in [0.2, 0.25) is 0 Å². The van der Waals surface area contributed by atoms with E-state index in [9.17, 15) is 14.4 Å². The third kappa shape index (κ3) is 6.23. The number of hydrogen-bond acceptors (Lipinski definition) is 5. The average Bonchev–Trinajstić information content (AvgIpc) is 3.07. The van der Waals surface area contributed by atoms with E-state index in [2.05, 4.69) is 10.6 Å². The number of rotatable bonds is 6. The Morgan fingerprint density at radius 3 is 2.28 bits per heavy atom. The Morgan fingerprint density at radius 2 is 1.72 bits per heavy atom. The summed E-state index contributed by atoms with van der Waals surface area (Å²) in [4.78, 5) is 35.7. The minimum absolute atomic E-state index is 0.173. The van der Waals surface area contributed by atoms with E-state index in [4.69, 9.17) is 4.74 Å². The van der Waals surface area contributed by atoms with E-state index >= 15 is 0 Å². The number of esters is 1. The third-order valence-corrected chi connectivity index (χ3v) is 3.90. The second-order valence-corrected chi connectivity index (χ2v) is 6.15. The van der Waals surface area contributed by atoms with Crippen LogP contribution in [0, 0.1) is 0 Å². The second-order valence-electron chi connectivity index (χ2n) is 5.18. The van der Waals surface area contributed by atoms with Crippen molar-refractivity contribution in [3.8, 4) is 0 Å². The third-order valence-electron chi connectivity index (χ3n) is 3.06. The molecule has 0 fully saturated rings. The normalized spacial score (nSPS) is 11.8. The molecule has 130 valence electrons. The number of ether oxygens (including phenoxy) is 1. The van der Waals surface area contributed by atoms with Gasteiger partial charge in [0.1, 0.15) is 0 Å². The number of carbonyl (C=O) groups is 3.